The Labute approximate surface area is 156 Å². The summed E-state index contributed by atoms with van der Waals surface area (Å²) in [4.78, 5) is 12.6. The molecule has 2 aromatic rings. The van der Waals surface area contributed by atoms with E-state index in [1.54, 1.807) is 0 Å². The number of nitrogens with one attached hydrogen (secondary N) is 3. The molecule has 1 fully saturated rings. The number of benzene rings is 2. The maximum atomic E-state index is 12.6. The first kappa shape index (κ1) is 17.9. The van der Waals surface area contributed by atoms with Crippen LogP contribution in [-0.2, 0) is 11.3 Å². The van der Waals surface area contributed by atoms with Crippen LogP contribution >= 0.6 is 15.9 Å². The van der Waals surface area contributed by atoms with Gasteiger partial charge in [-0.2, -0.15) is 0 Å². The van der Waals surface area contributed by atoms with Crippen LogP contribution in [0.2, 0.25) is 0 Å². The first-order valence-corrected chi connectivity index (χ1v) is 9.20. The van der Waals surface area contributed by atoms with Gasteiger partial charge in [0.25, 0.3) is 0 Å². The van der Waals surface area contributed by atoms with E-state index < -0.39 is 0 Å². The van der Waals surface area contributed by atoms with Gasteiger partial charge in [-0.15, -0.1) is 0 Å². The van der Waals surface area contributed by atoms with Crippen molar-refractivity contribution in [3.63, 3.8) is 0 Å². The summed E-state index contributed by atoms with van der Waals surface area (Å²) >= 11 is 3.49. The lowest BCUT2D eigenvalue weighted by Gasteiger charge is -2.19. The van der Waals surface area contributed by atoms with Gasteiger partial charge in [0, 0.05) is 17.6 Å². The minimum Gasteiger partial charge on any atom is -0.494 e. The van der Waals surface area contributed by atoms with Gasteiger partial charge >= 0.3 is 0 Å². The number of carbonyl (C=O) groups excluding carboxylic acids is 1. The van der Waals surface area contributed by atoms with Crippen LogP contribution in [-0.4, -0.2) is 19.1 Å². The lowest BCUT2D eigenvalue weighted by molar-refractivity contribution is -0.125. The zero-order valence-electron chi connectivity index (χ0n) is 14.1. The molecule has 0 aromatic heterocycles. The summed E-state index contributed by atoms with van der Waals surface area (Å²) in [6.45, 7) is 3.72. The predicted molar refractivity (Wildman–Crippen MR) is 101 cm³/mol. The molecule has 1 heterocycles. The third-order valence-corrected chi connectivity index (χ3v) is 4.72. The number of carbonyl (C=O) groups is 1. The normalized spacial score (nSPS) is 19.6. The lowest BCUT2D eigenvalue weighted by Crippen LogP contribution is -2.34. The molecule has 1 aliphatic rings. The standard InChI is InChI=1S/C19H22BrN3O2/c1-2-25-16-8-6-13(7-9-16)11-21-19(24)17-12-22-23-18(17)14-4-3-5-15(20)10-14/h3-10,17-18,22-23H,2,11-12H2,1H3,(H,21,24). The van der Waals surface area contributed by atoms with Crippen molar-refractivity contribution in [2.75, 3.05) is 13.2 Å². The number of hydrogen-bond acceptors (Lipinski definition) is 4. The molecule has 3 rings (SSSR count). The fraction of sp³-hybridized carbons (Fsp3) is 0.316. The Balaban J connectivity index is 1.60. The monoisotopic (exact) mass is 403 g/mol. The number of halogens is 1. The van der Waals surface area contributed by atoms with E-state index >= 15 is 0 Å². The van der Waals surface area contributed by atoms with Gasteiger partial charge in [0.05, 0.1) is 18.6 Å². The van der Waals surface area contributed by atoms with Crippen molar-refractivity contribution in [3.8, 4) is 5.75 Å². The number of rotatable bonds is 6. The van der Waals surface area contributed by atoms with E-state index in [9.17, 15) is 4.79 Å². The Morgan fingerprint density at radius 3 is 2.80 bits per heavy atom. The van der Waals surface area contributed by atoms with E-state index in [0.717, 1.165) is 21.3 Å². The van der Waals surface area contributed by atoms with Crippen molar-refractivity contribution in [2.45, 2.75) is 19.5 Å². The highest BCUT2D eigenvalue weighted by atomic mass is 79.9. The minimum absolute atomic E-state index is 0.0383. The second-order valence-electron chi connectivity index (χ2n) is 5.96. The summed E-state index contributed by atoms with van der Waals surface area (Å²) in [5.74, 6) is 0.727. The third kappa shape index (κ3) is 4.60. The molecule has 1 saturated heterocycles. The largest absolute Gasteiger partial charge is 0.494 e. The molecule has 0 saturated carbocycles. The van der Waals surface area contributed by atoms with Crippen LogP contribution in [0.4, 0.5) is 0 Å². The van der Waals surface area contributed by atoms with Crippen LogP contribution in [0.25, 0.3) is 0 Å². The van der Waals surface area contributed by atoms with Crippen molar-refractivity contribution in [1.82, 2.24) is 16.2 Å². The topological polar surface area (TPSA) is 62.4 Å². The Morgan fingerprint density at radius 2 is 2.08 bits per heavy atom. The van der Waals surface area contributed by atoms with Crippen molar-refractivity contribution in [1.29, 1.82) is 0 Å². The van der Waals surface area contributed by atoms with Gasteiger partial charge < -0.3 is 10.1 Å². The molecule has 25 heavy (non-hydrogen) atoms. The maximum Gasteiger partial charge on any atom is 0.226 e. The second kappa shape index (κ2) is 8.47. The molecule has 6 heteroatoms. The van der Waals surface area contributed by atoms with Crippen LogP contribution in [0, 0.1) is 5.92 Å². The van der Waals surface area contributed by atoms with Crippen molar-refractivity contribution < 1.29 is 9.53 Å². The molecule has 0 spiro atoms. The quantitative estimate of drug-likeness (QED) is 0.693. The summed E-state index contributed by atoms with van der Waals surface area (Å²) < 4.78 is 6.44. The van der Waals surface area contributed by atoms with Gasteiger partial charge in [-0.3, -0.25) is 10.2 Å². The zero-order chi connectivity index (χ0) is 17.6. The van der Waals surface area contributed by atoms with E-state index in [0.29, 0.717) is 19.7 Å². The highest BCUT2D eigenvalue weighted by molar-refractivity contribution is 9.10. The summed E-state index contributed by atoms with van der Waals surface area (Å²) in [5, 5.41) is 3.04. The van der Waals surface area contributed by atoms with E-state index in [1.165, 1.54) is 0 Å². The molecule has 3 N–H and O–H groups in total. The first-order valence-electron chi connectivity index (χ1n) is 8.40. The van der Waals surface area contributed by atoms with Crippen molar-refractivity contribution >= 4 is 21.8 Å². The molecular formula is C19H22BrN3O2. The van der Waals surface area contributed by atoms with Crippen LogP contribution in [0.1, 0.15) is 24.1 Å². The van der Waals surface area contributed by atoms with E-state index in [2.05, 4.69) is 32.1 Å². The Bertz CT molecular complexity index is 721. The fourth-order valence-electron chi connectivity index (χ4n) is 2.95. The number of hydrogen-bond donors (Lipinski definition) is 3. The zero-order valence-corrected chi connectivity index (χ0v) is 15.7. The average molecular weight is 404 g/mol. The number of hydrazine groups is 1. The van der Waals surface area contributed by atoms with Gasteiger partial charge in [0.1, 0.15) is 5.75 Å². The summed E-state index contributed by atoms with van der Waals surface area (Å²) in [6.07, 6.45) is 0. The fourth-order valence-corrected chi connectivity index (χ4v) is 3.36. The molecule has 2 atom stereocenters. The van der Waals surface area contributed by atoms with E-state index in [1.807, 2.05) is 55.5 Å². The Kier molecular flexibility index (Phi) is 6.07. The third-order valence-electron chi connectivity index (χ3n) is 4.23. The van der Waals surface area contributed by atoms with Crippen LogP contribution in [0.5, 0.6) is 5.75 Å². The molecule has 2 unspecified atom stereocenters. The summed E-state index contributed by atoms with van der Waals surface area (Å²) in [7, 11) is 0. The van der Waals surface area contributed by atoms with Crippen molar-refractivity contribution in [2.24, 2.45) is 5.92 Å². The molecule has 0 aliphatic carbocycles. The Morgan fingerprint density at radius 1 is 1.28 bits per heavy atom. The van der Waals surface area contributed by atoms with E-state index in [-0.39, 0.29) is 17.9 Å². The van der Waals surface area contributed by atoms with E-state index in [4.69, 9.17) is 4.74 Å². The van der Waals surface area contributed by atoms with Crippen LogP contribution in [0.15, 0.2) is 53.0 Å². The number of amides is 1. The SMILES string of the molecule is CCOc1ccc(CNC(=O)C2CNNC2c2cccc(Br)c2)cc1. The smallest absolute Gasteiger partial charge is 0.226 e. The summed E-state index contributed by atoms with van der Waals surface area (Å²) in [6, 6.07) is 15.8. The first-order chi connectivity index (χ1) is 12.2. The summed E-state index contributed by atoms with van der Waals surface area (Å²) in [5.41, 5.74) is 8.44. The van der Waals surface area contributed by atoms with Crippen LogP contribution < -0.4 is 20.9 Å². The minimum atomic E-state index is -0.156. The molecule has 1 amide bonds. The molecule has 0 radical (unpaired) electrons. The second-order valence-corrected chi connectivity index (χ2v) is 6.87. The average Bonchev–Trinajstić information content (AvgIpc) is 3.11. The predicted octanol–water partition coefficient (Wildman–Crippen LogP) is 2.93. The molecule has 1 aliphatic heterocycles. The van der Waals surface area contributed by atoms with Gasteiger partial charge in [0.2, 0.25) is 5.91 Å². The maximum absolute atomic E-state index is 12.6. The van der Waals surface area contributed by atoms with Gasteiger partial charge in [0.15, 0.2) is 0 Å². The molecule has 0 bridgehead atoms. The molecule has 132 valence electrons. The molecule has 5 nitrogen and oxygen atoms in total. The van der Waals surface area contributed by atoms with Crippen LogP contribution in [0.3, 0.4) is 0 Å². The molecule has 2 aromatic carbocycles. The molecular weight excluding hydrogens is 382 g/mol. The highest BCUT2D eigenvalue weighted by Crippen LogP contribution is 2.27. The van der Waals surface area contributed by atoms with Crippen molar-refractivity contribution in [3.05, 3.63) is 64.1 Å². The van der Waals surface area contributed by atoms with Gasteiger partial charge in [-0.25, -0.2) is 5.43 Å². The van der Waals surface area contributed by atoms with Gasteiger partial charge in [-0.1, -0.05) is 40.2 Å². The highest BCUT2D eigenvalue weighted by Gasteiger charge is 2.33. The Hall–Kier alpha value is -1.89. The lowest BCUT2D eigenvalue weighted by atomic mass is 9.94. The number of ether oxygens (including phenoxy) is 1. The van der Waals surface area contributed by atoms with Gasteiger partial charge in [-0.05, 0) is 42.3 Å².